The SMILES string of the molecule is CCCCCCCCCCCCCCCCC1Nc2ccc(S(=O)(=O)[O-])cc2N1Cc1ccccc1.[Na+]. The number of hydrogen-bond donors (Lipinski definition) is 1. The third-order valence-corrected chi connectivity index (χ3v) is 8.12. The smallest absolute Gasteiger partial charge is 0.744 e. The molecule has 200 valence electrons. The summed E-state index contributed by atoms with van der Waals surface area (Å²) >= 11 is 0. The molecule has 0 aromatic heterocycles. The molecule has 1 atom stereocenters. The fourth-order valence-electron chi connectivity index (χ4n) is 5.19. The van der Waals surface area contributed by atoms with Gasteiger partial charge in [0.05, 0.1) is 22.4 Å². The van der Waals surface area contributed by atoms with Gasteiger partial charge in [0.2, 0.25) is 0 Å². The first-order valence-electron chi connectivity index (χ1n) is 14.2. The first-order valence-corrected chi connectivity index (χ1v) is 15.6. The van der Waals surface area contributed by atoms with Crippen LogP contribution < -0.4 is 39.8 Å². The molecule has 0 saturated heterocycles. The molecule has 0 aliphatic carbocycles. The van der Waals surface area contributed by atoms with Gasteiger partial charge in [0, 0.05) is 6.54 Å². The van der Waals surface area contributed by atoms with Gasteiger partial charge in [0.25, 0.3) is 0 Å². The van der Waals surface area contributed by atoms with Gasteiger partial charge >= 0.3 is 29.6 Å². The van der Waals surface area contributed by atoms with E-state index in [0.717, 1.165) is 29.8 Å². The Morgan fingerprint density at radius 3 is 1.86 bits per heavy atom. The zero-order valence-electron chi connectivity index (χ0n) is 23.1. The van der Waals surface area contributed by atoms with Crippen molar-refractivity contribution in [3.63, 3.8) is 0 Å². The summed E-state index contributed by atoms with van der Waals surface area (Å²) in [6, 6.07) is 14.8. The third-order valence-electron chi connectivity index (χ3n) is 7.29. The number of rotatable bonds is 18. The maximum absolute atomic E-state index is 11.6. The van der Waals surface area contributed by atoms with Gasteiger partial charge in [-0.05, 0) is 36.6 Å². The molecule has 1 aliphatic heterocycles. The molecule has 0 spiro atoms. The number of unbranched alkanes of at least 4 members (excludes halogenated alkanes) is 13. The van der Waals surface area contributed by atoms with Gasteiger partial charge in [-0.15, -0.1) is 0 Å². The molecule has 7 heteroatoms. The van der Waals surface area contributed by atoms with Crippen LogP contribution in [0.3, 0.4) is 0 Å². The van der Waals surface area contributed by atoms with Crippen LogP contribution in [-0.4, -0.2) is 19.1 Å². The first kappa shape index (κ1) is 32.2. The first-order chi connectivity index (χ1) is 17.5. The second-order valence-corrected chi connectivity index (χ2v) is 11.7. The van der Waals surface area contributed by atoms with Gasteiger partial charge in [-0.3, -0.25) is 0 Å². The minimum Gasteiger partial charge on any atom is -0.744 e. The van der Waals surface area contributed by atoms with Crippen LogP contribution in [0, 0.1) is 0 Å². The van der Waals surface area contributed by atoms with Crippen molar-refractivity contribution in [2.75, 3.05) is 10.2 Å². The van der Waals surface area contributed by atoms with Crippen molar-refractivity contribution in [1.82, 2.24) is 0 Å². The van der Waals surface area contributed by atoms with E-state index < -0.39 is 10.1 Å². The Balaban J connectivity index is 0.00000481. The Morgan fingerprint density at radius 1 is 0.784 bits per heavy atom. The van der Waals surface area contributed by atoms with E-state index in [1.807, 2.05) is 18.2 Å². The molecule has 0 bridgehead atoms. The molecular weight excluding hydrogens is 491 g/mol. The summed E-state index contributed by atoms with van der Waals surface area (Å²) in [6.45, 7) is 2.94. The topological polar surface area (TPSA) is 72.5 Å². The van der Waals surface area contributed by atoms with Crippen molar-refractivity contribution in [3.05, 3.63) is 54.1 Å². The van der Waals surface area contributed by atoms with Gasteiger partial charge < -0.3 is 14.8 Å². The summed E-state index contributed by atoms with van der Waals surface area (Å²) in [7, 11) is -4.49. The van der Waals surface area contributed by atoms with Crippen LogP contribution in [-0.2, 0) is 16.7 Å². The maximum atomic E-state index is 11.6. The van der Waals surface area contributed by atoms with Gasteiger partial charge in [-0.1, -0.05) is 121 Å². The molecule has 0 fully saturated rings. The predicted molar refractivity (Wildman–Crippen MR) is 149 cm³/mol. The Labute approximate surface area is 247 Å². The van der Waals surface area contributed by atoms with Crippen LogP contribution in [0.2, 0.25) is 0 Å². The van der Waals surface area contributed by atoms with Crippen molar-refractivity contribution < 1.29 is 42.5 Å². The van der Waals surface area contributed by atoms with Gasteiger partial charge in [0.15, 0.2) is 0 Å². The molecule has 1 unspecified atom stereocenters. The molecule has 2 aromatic carbocycles. The summed E-state index contributed by atoms with van der Waals surface area (Å²) in [5.74, 6) is 0. The zero-order chi connectivity index (χ0) is 25.6. The zero-order valence-corrected chi connectivity index (χ0v) is 25.9. The Kier molecular flexibility index (Phi) is 15.2. The summed E-state index contributed by atoms with van der Waals surface area (Å²) in [5.41, 5.74) is 2.85. The van der Waals surface area contributed by atoms with Crippen LogP contribution in [0.15, 0.2) is 53.4 Å². The molecule has 37 heavy (non-hydrogen) atoms. The second-order valence-electron chi connectivity index (χ2n) is 10.3. The normalized spacial score (nSPS) is 14.8. The fraction of sp³-hybridized carbons (Fsp3) is 0.600. The second kappa shape index (κ2) is 17.5. The third kappa shape index (κ3) is 11.3. The molecular formula is C30H45N2NaO3S. The van der Waals surface area contributed by atoms with Crippen molar-refractivity contribution in [2.24, 2.45) is 0 Å². The van der Waals surface area contributed by atoms with E-state index in [9.17, 15) is 13.0 Å². The van der Waals surface area contributed by atoms with E-state index in [2.05, 4.69) is 29.3 Å². The summed E-state index contributed by atoms with van der Waals surface area (Å²) in [5, 5.41) is 3.56. The molecule has 2 aromatic rings. The van der Waals surface area contributed by atoms with Crippen molar-refractivity contribution in [3.8, 4) is 0 Å². The summed E-state index contributed by atoms with van der Waals surface area (Å²) in [4.78, 5) is 2.04. The molecule has 0 amide bonds. The van der Waals surface area contributed by atoms with Crippen molar-refractivity contribution in [1.29, 1.82) is 0 Å². The molecule has 1 aliphatic rings. The Bertz CT molecular complexity index is 1000. The number of nitrogens with zero attached hydrogens (tertiary/aromatic N) is 1. The van der Waals surface area contributed by atoms with E-state index in [1.54, 1.807) is 6.07 Å². The number of nitrogens with one attached hydrogen (secondary N) is 1. The minimum atomic E-state index is -4.49. The fourth-order valence-corrected chi connectivity index (χ4v) is 5.68. The van der Waals surface area contributed by atoms with Crippen LogP contribution in [0.1, 0.15) is 109 Å². The molecule has 1 N–H and O–H groups in total. The van der Waals surface area contributed by atoms with Gasteiger partial charge in [-0.2, -0.15) is 0 Å². The van der Waals surface area contributed by atoms with Gasteiger partial charge in [0.1, 0.15) is 10.1 Å². The van der Waals surface area contributed by atoms with Crippen LogP contribution in [0.4, 0.5) is 11.4 Å². The number of hydrogen-bond acceptors (Lipinski definition) is 5. The molecule has 5 nitrogen and oxygen atoms in total. The molecule has 1 heterocycles. The number of fused-ring (bicyclic) bond motifs is 1. The van der Waals surface area contributed by atoms with Gasteiger partial charge in [-0.25, -0.2) is 8.42 Å². The average molecular weight is 537 g/mol. The van der Waals surface area contributed by atoms with E-state index in [0.29, 0.717) is 6.54 Å². The number of anilines is 2. The van der Waals surface area contributed by atoms with E-state index in [1.165, 1.54) is 95.6 Å². The minimum absolute atomic E-state index is 0. The molecule has 0 saturated carbocycles. The van der Waals surface area contributed by atoms with Crippen LogP contribution in [0.25, 0.3) is 0 Å². The van der Waals surface area contributed by atoms with E-state index in [-0.39, 0.29) is 40.6 Å². The van der Waals surface area contributed by atoms with Crippen molar-refractivity contribution >= 4 is 21.5 Å². The molecule has 3 rings (SSSR count). The quantitative estimate of drug-likeness (QED) is 0.161. The predicted octanol–water partition coefficient (Wildman–Crippen LogP) is 5.22. The number of benzene rings is 2. The van der Waals surface area contributed by atoms with Crippen molar-refractivity contribution in [2.45, 2.75) is 121 Å². The van der Waals surface area contributed by atoms with E-state index in [4.69, 9.17) is 0 Å². The Morgan fingerprint density at radius 2 is 1.32 bits per heavy atom. The Hall–Kier alpha value is -1.05. The summed E-state index contributed by atoms with van der Waals surface area (Å²) < 4.78 is 34.8. The molecule has 0 radical (unpaired) electrons. The van der Waals surface area contributed by atoms with Crippen LogP contribution >= 0.6 is 0 Å². The van der Waals surface area contributed by atoms with Crippen LogP contribution in [0.5, 0.6) is 0 Å². The van der Waals surface area contributed by atoms with E-state index >= 15 is 0 Å². The standard InChI is InChI=1S/C30H46N2O3S.Na/c1-2-3-4-5-6-7-8-9-10-11-12-13-14-18-21-30-31-28-23-22-27(36(33,34)35)24-29(28)32(30)25-26-19-16-15-17-20-26;/h15-17,19-20,22-24,30-31H,2-14,18,21,25H2,1H3,(H,33,34,35);/q;+1/p-1. The maximum Gasteiger partial charge on any atom is 1.00 e. The monoisotopic (exact) mass is 536 g/mol. The average Bonchev–Trinajstić information content (AvgIpc) is 3.20. The largest absolute Gasteiger partial charge is 1.00 e. The summed E-state index contributed by atoms with van der Waals surface area (Å²) in [6.07, 6.45) is 19.8.